The number of hydrogen-bond acceptors (Lipinski definition) is 3. The van der Waals surface area contributed by atoms with Crippen molar-refractivity contribution >= 4 is 17.3 Å². The minimum absolute atomic E-state index is 0.0869. The Kier molecular flexibility index (Phi) is 2.60. The number of carbonyl (C=O) groups excluding carboxylic acids is 1. The summed E-state index contributed by atoms with van der Waals surface area (Å²) in [4.78, 5) is 23.5. The summed E-state index contributed by atoms with van der Waals surface area (Å²) in [6.45, 7) is 2.50. The first-order valence-corrected chi connectivity index (χ1v) is 5.21. The third kappa shape index (κ3) is 1.64. The molecule has 0 aliphatic carbocycles. The lowest BCUT2D eigenvalue weighted by atomic mass is 10.0. The van der Waals surface area contributed by atoms with Gasteiger partial charge in [-0.05, 0) is 25.0 Å². The number of nitrogens with zero attached hydrogens (tertiary/aromatic N) is 2. The molecule has 1 aromatic carbocycles. The van der Waals surface area contributed by atoms with Crippen molar-refractivity contribution in [2.45, 2.75) is 19.8 Å². The number of fused-ring (bicyclic) bond motifs is 1. The number of carbonyl (C=O) groups is 1. The van der Waals surface area contributed by atoms with Crippen LogP contribution in [0.5, 0.6) is 0 Å². The minimum Gasteiger partial charge on any atom is -0.312 e. The number of nitro benzene ring substituents is 1. The van der Waals surface area contributed by atoms with Gasteiger partial charge in [-0.15, -0.1) is 0 Å². The molecule has 16 heavy (non-hydrogen) atoms. The molecule has 0 saturated carbocycles. The van der Waals surface area contributed by atoms with Crippen molar-refractivity contribution in [2.24, 2.45) is 0 Å². The molecule has 5 nitrogen and oxygen atoms in total. The van der Waals surface area contributed by atoms with Crippen LogP contribution in [0.1, 0.15) is 18.9 Å². The zero-order chi connectivity index (χ0) is 11.7. The first kappa shape index (κ1) is 10.6. The summed E-state index contributed by atoms with van der Waals surface area (Å²) in [6, 6.07) is 4.67. The van der Waals surface area contributed by atoms with Crippen molar-refractivity contribution in [3.8, 4) is 0 Å². The Morgan fingerprint density at radius 3 is 2.81 bits per heavy atom. The highest BCUT2D eigenvalue weighted by molar-refractivity contribution is 5.96. The normalized spacial score (nSPS) is 14.8. The fraction of sp³-hybridized carbons (Fsp3) is 0.364. The van der Waals surface area contributed by atoms with E-state index >= 15 is 0 Å². The van der Waals surface area contributed by atoms with Gasteiger partial charge in [0.2, 0.25) is 5.91 Å². The van der Waals surface area contributed by atoms with E-state index in [-0.39, 0.29) is 11.6 Å². The van der Waals surface area contributed by atoms with Crippen molar-refractivity contribution in [3.05, 3.63) is 33.9 Å². The highest BCUT2D eigenvalue weighted by Crippen LogP contribution is 2.30. The molecule has 0 atom stereocenters. The van der Waals surface area contributed by atoms with Crippen LogP contribution < -0.4 is 4.90 Å². The molecular formula is C11H12N2O3. The van der Waals surface area contributed by atoms with Crippen molar-refractivity contribution in [3.63, 3.8) is 0 Å². The molecule has 0 radical (unpaired) electrons. The maximum atomic E-state index is 11.6. The lowest BCUT2D eigenvalue weighted by molar-refractivity contribution is -0.384. The molecular weight excluding hydrogens is 208 g/mol. The van der Waals surface area contributed by atoms with E-state index < -0.39 is 4.92 Å². The van der Waals surface area contributed by atoms with E-state index in [4.69, 9.17) is 0 Å². The lowest BCUT2D eigenvalue weighted by Crippen LogP contribution is -2.34. The van der Waals surface area contributed by atoms with Crippen LogP contribution in [0, 0.1) is 10.1 Å². The van der Waals surface area contributed by atoms with Crippen molar-refractivity contribution < 1.29 is 9.72 Å². The monoisotopic (exact) mass is 220 g/mol. The van der Waals surface area contributed by atoms with Gasteiger partial charge < -0.3 is 4.90 Å². The number of nitro groups is 1. The first-order valence-electron chi connectivity index (χ1n) is 5.21. The molecule has 1 amide bonds. The van der Waals surface area contributed by atoms with Crippen molar-refractivity contribution in [2.75, 3.05) is 11.4 Å². The van der Waals surface area contributed by atoms with Gasteiger partial charge in [0.25, 0.3) is 5.69 Å². The maximum absolute atomic E-state index is 11.6. The number of amides is 1. The van der Waals surface area contributed by atoms with E-state index in [9.17, 15) is 14.9 Å². The average molecular weight is 220 g/mol. The number of aryl methyl sites for hydroxylation is 1. The molecule has 1 aliphatic rings. The largest absolute Gasteiger partial charge is 0.312 e. The summed E-state index contributed by atoms with van der Waals surface area (Å²) < 4.78 is 0. The molecule has 0 saturated heterocycles. The second kappa shape index (κ2) is 3.92. The summed E-state index contributed by atoms with van der Waals surface area (Å²) in [5.74, 6) is 0.0869. The minimum atomic E-state index is -0.410. The van der Waals surface area contributed by atoms with Crippen LogP contribution in [0.25, 0.3) is 0 Å². The zero-order valence-electron chi connectivity index (χ0n) is 8.97. The maximum Gasteiger partial charge on any atom is 0.269 e. The Balaban J connectivity index is 2.46. The Morgan fingerprint density at radius 1 is 1.44 bits per heavy atom. The average Bonchev–Trinajstić information content (AvgIpc) is 2.28. The van der Waals surface area contributed by atoms with E-state index in [0.29, 0.717) is 19.4 Å². The topological polar surface area (TPSA) is 63.5 Å². The number of rotatable bonds is 2. The summed E-state index contributed by atoms with van der Waals surface area (Å²) in [5.41, 5.74) is 1.78. The fourth-order valence-electron chi connectivity index (χ4n) is 2.01. The predicted octanol–water partition coefficient (Wildman–Crippen LogP) is 1.89. The van der Waals surface area contributed by atoms with E-state index in [1.807, 2.05) is 6.92 Å². The van der Waals surface area contributed by atoms with Crippen LogP contribution in [-0.4, -0.2) is 17.4 Å². The quantitative estimate of drug-likeness (QED) is 0.564. The Labute approximate surface area is 92.8 Å². The van der Waals surface area contributed by atoms with Crippen molar-refractivity contribution in [1.82, 2.24) is 0 Å². The van der Waals surface area contributed by atoms with Gasteiger partial charge in [-0.25, -0.2) is 0 Å². The SMILES string of the molecule is CCN1C(=O)CCc2cc([N+](=O)[O-])ccc21. The second-order valence-corrected chi connectivity index (χ2v) is 3.71. The number of benzene rings is 1. The van der Waals surface area contributed by atoms with Gasteiger partial charge in [0.1, 0.15) is 0 Å². The molecule has 2 rings (SSSR count). The van der Waals surface area contributed by atoms with Gasteiger partial charge in [0.15, 0.2) is 0 Å². The zero-order valence-corrected chi connectivity index (χ0v) is 8.97. The molecule has 84 valence electrons. The molecule has 0 unspecified atom stereocenters. The van der Waals surface area contributed by atoms with Crippen LogP contribution >= 0.6 is 0 Å². The molecule has 0 spiro atoms. The molecule has 5 heteroatoms. The van der Waals surface area contributed by atoms with Gasteiger partial charge >= 0.3 is 0 Å². The molecule has 0 bridgehead atoms. The molecule has 1 aliphatic heterocycles. The number of non-ortho nitro benzene ring substituents is 1. The number of hydrogen-bond donors (Lipinski definition) is 0. The third-order valence-corrected chi connectivity index (χ3v) is 2.79. The van der Waals surface area contributed by atoms with Crippen LogP contribution in [0.15, 0.2) is 18.2 Å². The first-order chi connectivity index (χ1) is 7.63. The third-order valence-electron chi connectivity index (χ3n) is 2.79. The molecule has 1 aromatic rings. The van der Waals surface area contributed by atoms with E-state index in [1.165, 1.54) is 6.07 Å². The van der Waals surface area contributed by atoms with Gasteiger partial charge in [-0.2, -0.15) is 0 Å². The number of anilines is 1. The molecule has 0 aromatic heterocycles. The van der Waals surface area contributed by atoms with E-state index in [0.717, 1.165) is 11.3 Å². The highest BCUT2D eigenvalue weighted by atomic mass is 16.6. The Hall–Kier alpha value is -1.91. The van der Waals surface area contributed by atoms with Crippen LogP contribution in [-0.2, 0) is 11.2 Å². The van der Waals surface area contributed by atoms with Crippen LogP contribution in [0.2, 0.25) is 0 Å². The summed E-state index contributed by atoms with van der Waals surface area (Å²) in [6.07, 6.45) is 1.02. The summed E-state index contributed by atoms with van der Waals surface area (Å²) in [7, 11) is 0. The summed E-state index contributed by atoms with van der Waals surface area (Å²) in [5, 5.41) is 10.6. The fourth-order valence-corrected chi connectivity index (χ4v) is 2.01. The Bertz CT molecular complexity index is 457. The predicted molar refractivity (Wildman–Crippen MR) is 59.4 cm³/mol. The molecule has 1 heterocycles. The van der Waals surface area contributed by atoms with Gasteiger partial charge in [-0.3, -0.25) is 14.9 Å². The van der Waals surface area contributed by atoms with Gasteiger partial charge in [-0.1, -0.05) is 0 Å². The summed E-state index contributed by atoms with van der Waals surface area (Å²) >= 11 is 0. The van der Waals surface area contributed by atoms with E-state index in [1.54, 1.807) is 17.0 Å². The molecule has 0 fully saturated rings. The van der Waals surface area contributed by atoms with Gasteiger partial charge in [0.05, 0.1) is 4.92 Å². The highest BCUT2D eigenvalue weighted by Gasteiger charge is 2.24. The van der Waals surface area contributed by atoms with E-state index in [2.05, 4.69) is 0 Å². The van der Waals surface area contributed by atoms with Crippen LogP contribution in [0.3, 0.4) is 0 Å². The second-order valence-electron chi connectivity index (χ2n) is 3.71. The van der Waals surface area contributed by atoms with Crippen LogP contribution in [0.4, 0.5) is 11.4 Å². The smallest absolute Gasteiger partial charge is 0.269 e. The van der Waals surface area contributed by atoms with Gasteiger partial charge in [0, 0.05) is 30.8 Å². The molecule has 0 N–H and O–H groups in total. The Morgan fingerprint density at radius 2 is 2.19 bits per heavy atom. The lowest BCUT2D eigenvalue weighted by Gasteiger charge is -2.27. The van der Waals surface area contributed by atoms with Crippen molar-refractivity contribution in [1.29, 1.82) is 0 Å². The standard InChI is InChI=1S/C11H12N2O3/c1-2-12-10-5-4-9(13(15)16)7-8(10)3-6-11(12)14/h4-5,7H,2-3,6H2,1H3.